The van der Waals surface area contributed by atoms with Crippen molar-refractivity contribution in [1.29, 1.82) is 0 Å². The minimum Gasteiger partial charge on any atom is -0.379 e. The number of aliphatic imine (C=N–C) groups is 1. The third-order valence-corrected chi connectivity index (χ3v) is 5.06. The minimum atomic E-state index is 0.489. The molecule has 2 aromatic rings. The summed E-state index contributed by atoms with van der Waals surface area (Å²) < 4.78 is 7.53. The molecule has 8 nitrogen and oxygen atoms in total. The molecule has 0 radical (unpaired) electrons. The fraction of sp³-hybridized carbons (Fsp3) is 0.650. The van der Waals surface area contributed by atoms with Gasteiger partial charge in [0.2, 0.25) is 0 Å². The van der Waals surface area contributed by atoms with Gasteiger partial charge in [-0.1, -0.05) is 19.9 Å². The monoisotopic (exact) mass is 387 g/mol. The summed E-state index contributed by atoms with van der Waals surface area (Å²) >= 11 is 0. The van der Waals surface area contributed by atoms with E-state index in [4.69, 9.17) is 4.74 Å². The molecule has 2 N–H and O–H groups in total. The van der Waals surface area contributed by atoms with Crippen LogP contribution >= 0.6 is 0 Å². The molecule has 1 unspecified atom stereocenters. The number of aromatic nitrogens is 3. The van der Waals surface area contributed by atoms with Crippen LogP contribution in [0.4, 0.5) is 0 Å². The van der Waals surface area contributed by atoms with Crippen LogP contribution < -0.4 is 10.6 Å². The van der Waals surface area contributed by atoms with Gasteiger partial charge < -0.3 is 15.4 Å². The molecular formula is C20H33N7O. The lowest BCUT2D eigenvalue weighted by Crippen LogP contribution is -2.51. The van der Waals surface area contributed by atoms with Crippen molar-refractivity contribution in [2.24, 2.45) is 10.9 Å². The van der Waals surface area contributed by atoms with Crippen molar-refractivity contribution in [3.8, 4) is 0 Å². The lowest BCUT2D eigenvalue weighted by atomic mass is 10.0. The zero-order chi connectivity index (χ0) is 19.8. The maximum Gasteiger partial charge on any atom is 0.191 e. The number of pyridine rings is 1. The fourth-order valence-electron chi connectivity index (χ4n) is 3.64. The number of nitrogens with one attached hydrogen (secondary N) is 2. The predicted molar refractivity (Wildman–Crippen MR) is 112 cm³/mol. The summed E-state index contributed by atoms with van der Waals surface area (Å²) in [5.41, 5.74) is 0.877. The molecule has 1 aliphatic heterocycles. The van der Waals surface area contributed by atoms with Crippen LogP contribution in [-0.2, 0) is 11.2 Å². The molecule has 0 bridgehead atoms. The van der Waals surface area contributed by atoms with Crippen molar-refractivity contribution in [3.63, 3.8) is 0 Å². The Morgan fingerprint density at radius 1 is 1.21 bits per heavy atom. The second kappa shape index (κ2) is 10.4. The quantitative estimate of drug-likeness (QED) is 0.523. The van der Waals surface area contributed by atoms with Gasteiger partial charge in [-0.05, 0) is 24.5 Å². The van der Waals surface area contributed by atoms with E-state index in [9.17, 15) is 0 Å². The summed E-state index contributed by atoms with van der Waals surface area (Å²) in [6.45, 7) is 9.86. The van der Waals surface area contributed by atoms with Crippen molar-refractivity contribution in [2.75, 3.05) is 46.4 Å². The van der Waals surface area contributed by atoms with Gasteiger partial charge in [0.05, 0.1) is 13.2 Å². The molecule has 0 saturated carbocycles. The number of hydrogen-bond acceptors (Lipinski definition) is 5. The Morgan fingerprint density at radius 2 is 2.04 bits per heavy atom. The molecule has 0 aromatic carbocycles. The van der Waals surface area contributed by atoms with Crippen LogP contribution in [0.15, 0.2) is 29.4 Å². The molecule has 0 spiro atoms. The van der Waals surface area contributed by atoms with E-state index in [-0.39, 0.29) is 0 Å². The van der Waals surface area contributed by atoms with Gasteiger partial charge in [-0.2, -0.15) is 0 Å². The molecule has 1 fully saturated rings. The van der Waals surface area contributed by atoms with Crippen LogP contribution in [0.25, 0.3) is 5.65 Å². The first-order valence-corrected chi connectivity index (χ1v) is 10.2. The Bertz CT molecular complexity index is 752. The van der Waals surface area contributed by atoms with Crippen LogP contribution in [0.2, 0.25) is 0 Å². The lowest BCUT2D eigenvalue weighted by molar-refractivity contribution is 0.0132. The number of fused-ring (bicyclic) bond motifs is 1. The standard InChI is InChI=1S/C20H33N7O/c1-16(2)14-17(26-10-12-28-13-11-26)15-23-20(21-3)22-8-7-19-25-24-18-6-4-5-9-27(18)19/h4-6,9,16-17H,7-8,10-15H2,1-3H3,(H2,21,22,23). The smallest absolute Gasteiger partial charge is 0.191 e. The molecule has 1 atom stereocenters. The molecular weight excluding hydrogens is 354 g/mol. The molecule has 0 aliphatic carbocycles. The van der Waals surface area contributed by atoms with Crippen LogP contribution in [0, 0.1) is 5.92 Å². The predicted octanol–water partition coefficient (Wildman–Crippen LogP) is 1.18. The van der Waals surface area contributed by atoms with Gasteiger partial charge in [0, 0.05) is 51.9 Å². The van der Waals surface area contributed by atoms with Gasteiger partial charge in [0.15, 0.2) is 11.6 Å². The summed E-state index contributed by atoms with van der Waals surface area (Å²) in [5.74, 6) is 2.44. The number of guanidine groups is 1. The lowest BCUT2D eigenvalue weighted by Gasteiger charge is -2.35. The normalized spacial score (nSPS) is 17.2. The van der Waals surface area contributed by atoms with E-state index in [2.05, 4.69) is 44.6 Å². The van der Waals surface area contributed by atoms with Crippen molar-refractivity contribution in [1.82, 2.24) is 30.1 Å². The highest BCUT2D eigenvalue weighted by Crippen LogP contribution is 2.13. The first kappa shape index (κ1) is 20.5. The van der Waals surface area contributed by atoms with Crippen LogP contribution in [0.1, 0.15) is 26.1 Å². The van der Waals surface area contributed by atoms with E-state index in [1.54, 1.807) is 0 Å². The molecule has 1 saturated heterocycles. The summed E-state index contributed by atoms with van der Waals surface area (Å²) in [7, 11) is 1.81. The maximum atomic E-state index is 5.51. The first-order valence-electron chi connectivity index (χ1n) is 10.2. The molecule has 8 heteroatoms. The highest BCUT2D eigenvalue weighted by atomic mass is 16.5. The topological polar surface area (TPSA) is 79.1 Å². The molecule has 3 heterocycles. The third kappa shape index (κ3) is 5.65. The van der Waals surface area contributed by atoms with E-state index in [0.717, 1.165) is 69.7 Å². The molecule has 0 amide bonds. The largest absolute Gasteiger partial charge is 0.379 e. The van der Waals surface area contributed by atoms with Crippen molar-refractivity contribution < 1.29 is 4.74 Å². The molecule has 3 rings (SSSR count). The van der Waals surface area contributed by atoms with Gasteiger partial charge in [0.1, 0.15) is 5.82 Å². The Morgan fingerprint density at radius 3 is 2.79 bits per heavy atom. The molecule has 1 aliphatic rings. The number of rotatable bonds is 8. The van der Waals surface area contributed by atoms with Crippen LogP contribution in [0.5, 0.6) is 0 Å². The van der Waals surface area contributed by atoms with Crippen molar-refractivity contribution in [2.45, 2.75) is 32.7 Å². The Labute approximate surface area is 167 Å². The number of hydrogen-bond donors (Lipinski definition) is 2. The van der Waals surface area contributed by atoms with E-state index < -0.39 is 0 Å². The Kier molecular flexibility index (Phi) is 7.62. The summed E-state index contributed by atoms with van der Waals surface area (Å²) in [5, 5.41) is 15.4. The second-order valence-corrected chi connectivity index (χ2v) is 7.61. The zero-order valence-corrected chi connectivity index (χ0v) is 17.3. The van der Waals surface area contributed by atoms with Crippen LogP contribution in [-0.4, -0.2) is 77.9 Å². The third-order valence-electron chi connectivity index (χ3n) is 5.06. The maximum absolute atomic E-state index is 5.51. The van der Waals surface area contributed by atoms with E-state index in [0.29, 0.717) is 12.0 Å². The van der Waals surface area contributed by atoms with Crippen LogP contribution in [0.3, 0.4) is 0 Å². The summed E-state index contributed by atoms with van der Waals surface area (Å²) in [6.07, 6.45) is 3.94. The Hall–Kier alpha value is -2.19. The zero-order valence-electron chi connectivity index (χ0n) is 17.3. The van der Waals surface area contributed by atoms with E-state index >= 15 is 0 Å². The SMILES string of the molecule is CN=C(NCCc1nnc2ccccn12)NCC(CC(C)C)N1CCOCC1. The van der Waals surface area contributed by atoms with E-state index in [1.807, 2.05) is 35.8 Å². The van der Waals surface area contributed by atoms with Gasteiger partial charge >= 0.3 is 0 Å². The average molecular weight is 388 g/mol. The summed E-state index contributed by atoms with van der Waals surface area (Å²) in [6, 6.07) is 6.42. The van der Waals surface area contributed by atoms with E-state index in [1.165, 1.54) is 0 Å². The average Bonchev–Trinajstić information content (AvgIpc) is 3.13. The minimum absolute atomic E-state index is 0.489. The molecule has 154 valence electrons. The fourth-order valence-corrected chi connectivity index (χ4v) is 3.64. The summed E-state index contributed by atoms with van der Waals surface area (Å²) in [4.78, 5) is 6.91. The molecule has 2 aromatic heterocycles. The van der Waals surface area contributed by atoms with Gasteiger partial charge in [-0.25, -0.2) is 0 Å². The highest BCUT2D eigenvalue weighted by molar-refractivity contribution is 5.79. The number of ether oxygens (including phenoxy) is 1. The number of nitrogens with zero attached hydrogens (tertiary/aromatic N) is 5. The molecule has 28 heavy (non-hydrogen) atoms. The van der Waals surface area contributed by atoms with Crippen molar-refractivity contribution >= 4 is 11.6 Å². The van der Waals surface area contributed by atoms with Crippen molar-refractivity contribution in [3.05, 3.63) is 30.2 Å². The second-order valence-electron chi connectivity index (χ2n) is 7.61. The van der Waals surface area contributed by atoms with Gasteiger partial charge in [-0.15, -0.1) is 10.2 Å². The van der Waals surface area contributed by atoms with Gasteiger partial charge in [-0.3, -0.25) is 14.3 Å². The number of morpholine rings is 1. The Balaban J connectivity index is 1.48. The first-order chi connectivity index (χ1) is 13.7. The van der Waals surface area contributed by atoms with Gasteiger partial charge in [0.25, 0.3) is 0 Å². The highest BCUT2D eigenvalue weighted by Gasteiger charge is 2.22.